The summed E-state index contributed by atoms with van der Waals surface area (Å²) in [4.78, 5) is 12.3. The van der Waals surface area contributed by atoms with Gasteiger partial charge in [-0.1, -0.05) is 6.07 Å². The Hall–Kier alpha value is -2.34. The first kappa shape index (κ1) is 14.1. The monoisotopic (exact) mass is 290 g/mol. The number of ether oxygens (including phenoxy) is 2. The van der Waals surface area contributed by atoms with E-state index in [4.69, 9.17) is 9.47 Å². The standard InChI is InChI=1S/C14H14N2O3S/c1-18-11-6-10(7-12(8-11)19-2)9-15-16-14(17)13-4-3-5-20-13/h3-9H,1-2H3,(H,16,17)/b15-9-. The zero-order valence-electron chi connectivity index (χ0n) is 11.1. The fourth-order valence-corrected chi connectivity index (χ4v) is 2.15. The highest BCUT2D eigenvalue weighted by molar-refractivity contribution is 7.12. The normalized spacial score (nSPS) is 10.5. The molecule has 5 nitrogen and oxygen atoms in total. The topological polar surface area (TPSA) is 59.9 Å². The summed E-state index contributed by atoms with van der Waals surface area (Å²) in [7, 11) is 3.16. The van der Waals surface area contributed by atoms with Crippen molar-refractivity contribution in [2.24, 2.45) is 5.10 Å². The molecule has 1 aromatic heterocycles. The quantitative estimate of drug-likeness (QED) is 0.680. The van der Waals surface area contributed by atoms with Crippen LogP contribution in [0.15, 0.2) is 40.8 Å². The van der Waals surface area contributed by atoms with Gasteiger partial charge in [0.2, 0.25) is 0 Å². The first-order valence-electron chi connectivity index (χ1n) is 5.83. The molecule has 0 fully saturated rings. The van der Waals surface area contributed by atoms with Crippen molar-refractivity contribution < 1.29 is 14.3 Å². The lowest BCUT2D eigenvalue weighted by Gasteiger charge is -2.05. The summed E-state index contributed by atoms with van der Waals surface area (Å²) in [5.41, 5.74) is 3.24. The predicted molar refractivity (Wildman–Crippen MR) is 78.9 cm³/mol. The summed E-state index contributed by atoms with van der Waals surface area (Å²) in [6, 6.07) is 8.91. The van der Waals surface area contributed by atoms with Crippen LogP contribution in [0.5, 0.6) is 11.5 Å². The SMILES string of the molecule is COc1cc(/C=N\NC(=O)c2cccs2)cc(OC)c1. The average Bonchev–Trinajstić information content (AvgIpc) is 3.01. The van der Waals surface area contributed by atoms with E-state index in [9.17, 15) is 4.79 Å². The second-order valence-electron chi connectivity index (χ2n) is 3.82. The summed E-state index contributed by atoms with van der Waals surface area (Å²) in [6.07, 6.45) is 1.54. The average molecular weight is 290 g/mol. The lowest BCUT2D eigenvalue weighted by atomic mass is 10.2. The lowest BCUT2D eigenvalue weighted by molar-refractivity contribution is 0.0959. The minimum absolute atomic E-state index is 0.230. The molecule has 0 unspecified atom stereocenters. The molecule has 0 atom stereocenters. The number of nitrogens with one attached hydrogen (secondary N) is 1. The van der Waals surface area contributed by atoms with Gasteiger partial charge in [-0.3, -0.25) is 4.79 Å². The van der Waals surface area contributed by atoms with Gasteiger partial charge in [-0.05, 0) is 23.6 Å². The van der Waals surface area contributed by atoms with Gasteiger partial charge in [-0.2, -0.15) is 5.10 Å². The molecule has 0 aliphatic carbocycles. The van der Waals surface area contributed by atoms with Gasteiger partial charge in [0.15, 0.2) is 0 Å². The predicted octanol–water partition coefficient (Wildman–Crippen LogP) is 2.53. The van der Waals surface area contributed by atoms with Crippen LogP contribution < -0.4 is 14.9 Å². The highest BCUT2D eigenvalue weighted by Crippen LogP contribution is 2.21. The van der Waals surface area contributed by atoms with Crippen molar-refractivity contribution in [1.82, 2.24) is 5.43 Å². The van der Waals surface area contributed by atoms with Crippen LogP contribution in [0, 0.1) is 0 Å². The molecule has 0 spiro atoms. The molecule has 0 aliphatic heterocycles. The van der Waals surface area contributed by atoms with E-state index < -0.39 is 0 Å². The van der Waals surface area contributed by atoms with Crippen molar-refractivity contribution in [3.63, 3.8) is 0 Å². The number of rotatable bonds is 5. The summed E-state index contributed by atoms with van der Waals surface area (Å²) < 4.78 is 10.3. The Labute approximate surface area is 120 Å². The fourth-order valence-electron chi connectivity index (χ4n) is 1.53. The number of nitrogens with zero attached hydrogens (tertiary/aromatic N) is 1. The van der Waals surface area contributed by atoms with Crippen LogP contribution in [-0.4, -0.2) is 26.3 Å². The Morgan fingerprint density at radius 2 is 1.95 bits per heavy atom. The molecular weight excluding hydrogens is 276 g/mol. The van der Waals surface area contributed by atoms with E-state index in [0.717, 1.165) is 5.56 Å². The number of thiophene rings is 1. The van der Waals surface area contributed by atoms with Crippen molar-refractivity contribution in [3.05, 3.63) is 46.2 Å². The fraction of sp³-hybridized carbons (Fsp3) is 0.143. The Morgan fingerprint density at radius 1 is 1.25 bits per heavy atom. The highest BCUT2D eigenvalue weighted by atomic mass is 32.1. The van der Waals surface area contributed by atoms with Crippen LogP contribution >= 0.6 is 11.3 Å². The number of carbonyl (C=O) groups excluding carboxylic acids is 1. The van der Waals surface area contributed by atoms with Crippen molar-refractivity contribution >= 4 is 23.5 Å². The molecule has 2 aromatic rings. The van der Waals surface area contributed by atoms with Crippen LogP contribution in [0.3, 0.4) is 0 Å². The molecule has 1 N–H and O–H groups in total. The number of methoxy groups -OCH3 is 2. The third kappa shape index (κ3) is 3.58. The van der Waals surface area contributed by atoms with Crippen LogP contribution in [-0.2, 0) is 0 Å². The molecule has 0 aliphatic rings. The van der Waals surface area contributed by atoms with Gasteiger partial charge in [0, 0.05) is 11.6 Å². The van der Waals surface area contributed by atoms with Crippen molar-refractivity contribution in [2.75, 3.05) is 14.2 Å². The maximum Gasteiger partial charge on any atom is 0.281 e. The molecule has 0 radical (unpaired) electrons. The number of hydrogen-bond donors (Lipinski definition) is 1. The first-order chi connectivity index (χ1) is 9.72. The number of benzene rings is 1. The lowest BCUT2D eigenvalue weighted by Crippen LogP contribution is -2.16. The van der Waals surface area contributed by atoms with Crippen LogP contribution in [0.2, 0.25) is 0 Å². The summed E-state index contributed by atoms with van der Waals surface area (Å²) in [5.74, 6) is 1.09. The summed E-state index contributed by atoms with van der Waals surface area (Å²) in [6.45, 7) is 0. The maximum absolute atomic E-state index is 11.7. The largest absolute Gasteiger partial charge is 0.497 e. The molecule has 20 heavy (non-hydrogen) atoms. The third-order valence-electron chi connectivity index (χ3n) is 2.50. The van der Waals surface area contributed by atoms with Crippen molar-refractivity contribution in [2.45, 2.75) is 0 Å². The van der Waals surface area contributed by atoms with Crippen molar-refractivity contribution in [3.8, 4) is 11.5 Å². The van der Waals surface area contributed by atoms with Gasteiger partial charge >= 0.3 is 0 Å². The van der Waals surface area contributed by atoms with Crippen LogP contribution in [0.1, 0.15) is 15.2 Å². The van der Waals surface area contributed by atoms with E-state index in [1.807, 2.05) is 11.4 Å². The molecule has 1 heterocycles. The molecular formula is C14H14N2O3S. The molecule has 6 heteroatoms. The number of carbonyl (C=O) groups is 1. The Bertz CT molecular complexity index is 587. The molecule has 0 saturated carbocycles. The highest BCUT2D eigenvalue weighted by Gasteiger charge is 2.04. The molecule has 0 bridgehead atoms. The second-order valence-corrected chi connectivity index (χ2v) is 4.77. The zero-order chi connectivity index (χ0) is 14.4. The van der Waals surface area contributed by atoms with E-state index in [1.54, 1.807) is 38.5 Å². The number of hydrogen-bond acceptors (Lipinski definition) is 5. The van der Waals surface area contributed by atoms with Gasteiger partial charge < -0.3 is 9.47 Å². The van der Waals surface area contributed by atoms with E-state index >= 15 is 0 Å². The second kappa shape index (κ2) is 6.72. The molecule has 1 aromatic carbocycles. The van der Waals surface area contributed by atoms with Crippen LogP contribution in [0.4, 0.5) is 0 Å². The third-order valence-corrected chi connectivity index (χ3v) is 3.37. The van der Waals surface area contributed by atoms with E-state index in [1.165, 1.54) is 17.6 Å². The van der Waals surface area contributed by atoms with Gasteiger partial charge in [0.1, 0.15) is 11.5 Å². The zero-order valence-corrected chi connectivity index (χ0v) is 11.9. The Kier molecular flexibility index (Phi) is 4.73. The maximum atomic E-state index is 11.7. The van der Waals surface area contributed by atoms with Gasteiger partial charge in [-0.25, -0.2) is 5.43 Å². The van der Waals surface area contributed by atoms with Gasteiger partial charge in [-0.15, -0.1) is 11.3 Å². The summed E-state index contributed by atoms with van der Waals surface area (Å²) >= 11 is 1.36. The van der Waals surface area contributed by atoms with E-state index in [0.29, 0.717) is 16.4 Å². The Balaban J connectivity index is 2.05. The van der Waals surface area contributed by atoms with E-state index in [2.05, 4.69) is 10.5 Å². The van der Waals surface area contributed by atoms with Gasteiger partial charge in [0.05, 0.1) is 25.3 Å². The minimum Gasteiger partial charge on any atom is -0.497 e. The number of amides is 1. The molecule has 104 valence electrons. The molecule has 1 amide bonds. The van der Waals surface area contributed by atoms with Crippen LogP contribution in [0.25, 0.3) is 0 Å². The number of hydrazone groups is 1. The smallest absolute Gasteiger partial charge is 0.281 e. The minimum atomic E-state index is -0.230. The Morgan fingerprint density at radius 3 is 2.50 bits per heavy atom. The molecule has 2 rings (SSSR count). The van der Waals surface area contributed by atoms with Crippen molar-refractivity contribution in [1.29, 1.82) is 0 Å². The van der Waals surface area contributed by atoms with Gasteiger partial charge in [0.25, 0.3) is 5.91 Å². The molecule has 0 saturated heterocycles. The first-order valence-corrected chi connectivity index (χ1v) is 6.71. The van der Waals surface area contributed by atoms with E-state index in [-0.39, 0.29) is 5.91 Å². The summed E-state index contributed by atoms with van der Waals surface area (Å²) in [5, 5.41) is 5.76.